The number of hydrogen-bond acceptors (Lipinski definition) is 4. The molecule has 3 aromatic rings. The second kappa shape index (κ2) is 8.45. The van der Waals surface area contributed by atoms with E-state index in [0.717, 1.165) is 42.7 Å². The molecular weight excluding hydrogens is 408 g/mol. The van der Waals surface area contributed by atoms with Gasteiger partial charge in [0.2, 0.25) is 0 Å². The first-order valence-electron chi connectivity index (χ1n) is 10.7. The molecule has 0 spiro atoms. The minimum atomic E-state index is 0.300. The first-order valence-corrected chi connectivity index (χ1v) is 11.1. The van der Waals surface area contributed by atoms with Gasteiger partial charge in [-0.05, 0) is 59.5 Å². The van der Waals surface area contributed by atoms with Crippen LogP contribution in [0.3, 0.4) is 0 Å². The van der Waals surface area contributed by atoms with Crippen LogP contribution in [-0.4, -0.2) is 38.9 Å². The summed E-state index contributed by atoms with van der Waals surface area (Å²) in [7, 11) is 3.42. The fraction of sp³-hybridized carbons (Fsp3) is 0.308. The lowest BCUT2D eigenvalue weighted by Gasteiger charge is -2.50. The van der Waals surface area contributed by atoms with Crippen LogP contribution in [0, 0.1) is 0 Å². The maximum absolute atomic E-state index is 6.14. The normalized spacial score (nSPS) is 20.7. The topological polar surface area (TPSA) is 24.9 Å². The van der Waals surface area contributed by atoms with E-state index >= 15 is 0 Å². The van der Waals surface area contributed by atoms with Crippen LogP contribution in [0.2, 0.25) is 5.02 Å². The Kier molecular flexibility index (Phi) is 5.51. The molecule has 0 N–H and O–H groups in total. The highest BCUT2D eigenvalue weighted by molar-refractivity contribution is 6.30. The van der Waals surface area contributed by atoms with Crippen molar-refractivity contribution in [3.63, 3.8) is 0 Å². The van der Waals surface area contributed by atoms with Crippen molar-refractivity contribution in [3.8, 4) is 11.5 Å². The summed E-state index contributed by atoms with van der Waals surface area (Å²) >= 11 is 6.14. The zero-order chi connectivity index (χ0) is 21.4. The standard InChI is InChI=1S/C26H27ClN2O2/c1-30-24-14-19-12-13-28-17-29(21-10-8-20(27)9-11-21)16-23(18-6-4-3-5-7-18)26(28)22(19)15-25(24)31-2/h3-11,14-15,23,26H,12-13,16-17H2,1-2H3/t23-,26+/m1/s1. The van der Waals surface area contributed by atoms with E-state index in [2.05, 4.69) is 64.4 Å². The summed E-state index contributed by atoms with van der Waals surface area (Å²) in [6, 6.07) is 23.7. The summed E-state index contributed by atoms with van der Waals surface area (Å²) in [5.41, 5.74) is 5.29. The molecule has 1 saturated heterocycles. The Labute approximate surface area is 189 Å². The number of ether oxygens (including phenoxy) is 2. The van der Waals surface area contributed by atoms with Gasteiger partial charge in [0.15, 0.2) is 11.5 Å². The van der Waals surface area contributed by atoms with E-state index < -0.39 is 0 Å². The van der Waals surface area contributed by atoms with Crippen LogP contribution in [-0.2, 0) is 6.42 Å². The predicted molar refractivity (Wildman–Crippen MR) is 126 cm³/mol. The SMILES string of the molecule is COc1cc2c(cc1OC)[C@H]1[C@@H](c3ccccc3)CN(c3ccc(Cl)cc3)CN1CC2. The van der Waals surface area contributed by atoms with Gasteiger partial charge in [0.25, 0.3) is 0 Å². The van der Waals surface area contributed by atoms with Crippen LogP contribution in [0.1, 0.15) is 28.7 Å². The van der Waals surface area contributed by atoms with Gasteiger partial charge >= 0.3 is 0 Å². The number of halogens is 1. The van der Waals surface area contributed by atoms with Gasteiger partial charge in [0.05, 0.1) is 20.9 Å². The molecule has 0 saturated carbocycles. The van der Waals surface area contributed by atoms with Crippen molar-refractivity contribution in [2.45, 2.75) is 18.4 Å². The second-order valence-electron chi connectivity index (χ2n) is 8.27. The minimum Gasteiger partial charge on any atom is -0.493 e. The Morgan fingerprint density at radius 2 is 1.61 bits per heavy atom. The molecule has 1 fully saturated rings. The highest BCUT2D eigenvalue weighted by Gasteiger charge is 2.40. The predicted octanol–water partition coefficient (Wildman–Crippen LogP) is 5.52. The van der Waals surface area contributed by atoms with Gasteiger partial charge < -0.3 is 14.4 Å². The van der Waals surface area contributed by atoms with E-state index in [1.54, 1.807) is 14.2 Å². The van der Waals surface area contributed by atoms with Crippen LogP contribution in [0.25, 0.3) is 0 Å². The van der Waals surface area contributed by atoms with Gasteiger partial charge in [0.1, 0.15) is 0 Å². The first-order chi connectivity index (χ1) is 15.2. The summed E-state index contributed by atoms with van der Waals surface area (Å²) in [6.07, 6.45) is 1.00. The van der Waals surface area contributed by atoms with Crippen molar-refractivity contribution < 1.29 is 9.47 Å². The van der Waals surface area contributed by atoms with Crippen LogP contribution >= 0.6 is 11.6 Å². The molecule has 5 heteroatoms. The summed E-state index contributed by atoms with van der Waals surface area (Å²) in [6.45, 7) is 2.85. The summed E-state index contributed by atoms with van der Waals surface area (Å²) in [5.74, 6) is 1.95. The van der Waals surface area contributed by atoms with Gasteiger partial charge in [-0.15, -0.1) is 0 Å². The van der Waals surface area contributed by atoms with Crippen LogP contribution < -0.4 is 14.4 Å². The van der Waals surface area contributed by atoms with Crippen LogP contribution in [0.15, 0.2) is 66.7 Å². The number of rotatable bonds is 4. The fourth-order valence-corrected chi connectivity index (χ4v) is 5.23. The molecule has 2 atom stereocenters. The molecule has 160 valence electrons. The Hall–Kier alpha value is -2.69. The summed E-state index contributed by atoms with van der Waals surface area (Å²) in [5, 5.41) is 0.770. The molecule has 5 rings (SSSR count). The monoisotopic (exact) mass is 434 g/mol. The Bertz CT molecular complexity index is 1060. The van der Waals surface area contributed by atoms with Gasteiger partial charge in [-0.2, -0.15) is 0 Å². The molecule has 0 bridgehead atoms. The minimum absolute atomic E-state index is 0.300. The number of fused-ring (bicyclic) bond motifs is 3. The van der Waals surface area contributed by atoms with E-state index in [1.165, 1.54) is 22.4 Å². The number of nitrogens with zero attached hydrogens (tertiary/aromatic N) is 2. The van der Waals surface area contributed by atoms with E-state index in [9.17, 15) is 0 Å². The third kappa shape index (κ3) is 3.75. The van der Waals surface area contributed by atoms with Crippen molar-refractivity contribution in [1.29, 1.82) is 0 Å². The maximum atomic E-state index is 6.14. The lowest BCUT2D eigenvalue weighted by molar-refractivity contribution is 0.128. The summed E-state index contributed by atoms with van der Waals surface area (Å²) < 4.78 is 11.2. The Balaban J connectivity index is 1.58. The van der Waals surface area contributed by atoms with Crippen molar-refractivity contribution in [2.24, 2.45) is 0 Å². The van der Waals surface area contributed by atoms with Crippen molar-refractivity contribution >= 4 is 17.3 Å². The quantitative estimate of drug-likeness (QED) is 0.540. The van der Waals surface area contributed by atoms with Crippen molar-refractivity contribution in [2.75, 3.05) is 38.9 Å². The average Bonchev–Trinajstić information content (AvgIpc) is 2.83. The molecule has 0 amide bonds. The van der Waals surface area contributed by atoms with Gasteiger partial charge in [-0.3, -0.25) is 4.90 Å². The molecule has 4 nitrogen and oxygen atoms in total. The molecule has 0 aliphatic carbocycles. The smallest absolute Gasteiger partial charge is 0.161 e. The Morgan fingerprint density at radius 1 is 0.903 bits per heavy atom. The van der Waals surface area contributed by atoms with E-state index in [1.807, 2.05) is 12.1 Å². The molecule has 2 aliphatic heterocycles. The number of benzene rings is 3. The van der Waals surface area contributed by atoms with Crippen LogP contribution in [0.5, 0.6) is 11.5 Å². The molecule has 0 radical (unpaired) electrons. The van der Waals surface area contributed by atoms with Crippen molar-refractivity contribution in [3.05, 3.63) is 88.4 Å². The van der Waals surface area contributed by atoms with Crippen molar-refractivity contribution in [1.82, 2.24) is 4.90 Å². The molecule has 2 heterocycles. The van der Waals surface area contributed by atoms with E-state index in [4.69, 9.17) is 21.1 Å². The summed E-state index contributed by atoms with van der Waals surface area (Å²) in [4.78, 5) is 5.07. The first kappa shape index (κ1) is 20.2. The van der Waals surface area contributed by atoms with Crippen LogP contribution in [0.4, 0.5) is 5.69 Å². The van der Waals surface area contributed by atoms with E-state index in [0.29, 0.717) is 12.0 Å². The molecule has 3 aromatic carbocycles. The number of methoxy groups -OCH3 is 2. The van der Waals surface area contributed by atoms with E-state index in [-0.39, 0.29) is 0 Å². The van der Waals surface area contributed by atoms with Gasteiger partial charge in [-0.25, -0.2) is 0 Å². The molecule has 31 heavy (non-hydrogen) atoms. The fourth-order valence-electron chi connectivity index (χ4n) is 5.10. The van der Waals surface area contributed by atoms with Gasteiger partial charge in [0, 0.05) is 35.8 Å². The zero-order valence-corrected chi connectivity index (χ0v) is 18.7. The molecule has 0 unspecified atom stereocenters. The molecule has 2 aliphatic rings. The number of anilines is 1. The average molecular weight is 435 g/mol. The number of hydrogen-bond donors (Lipinski definition) is 0. The highest BCUT2D eigenvalue weighted by Crippen LogP contribution is 2.47. The largest absolute Gasteiger partial charge is 0.493 e. The third-order valence-corrected chi connectivity index (χ3v) is 6.85. The molecule has 0 aromatic heterocycles. The second-order valence-corrected chi connectivity index (χ2v) is 8.71. The Morgan fingerprint density at radius 3 is 2.32 bits per heavy atom. The zero-order valence-electron chi connectivity index (χ0n) is 17.9. The highest BCUT2D eigenvalue weighted by atomic mass is 35.5. The van der Waals surface area contributed by atoms with Gasteiger partial charge in [-0.1, -0.05) is 41.9 Å². The lowest BCUT2D eigenvalue weighted by atomic mass is 9.79. The maximum Gasteiger partial charge on any atom is 0.161 e. The third-order valence-electron chi connectivity index (χ3n) is 6.60. The molecular formula is C26H27ClN2O2. The lowest BCUT2D eigenvalue weighted by Crippen LogP contribution is -2.52.